The number of carbonyl (C=O) groups excluding carboxylic acids is 1. The molecule has 1 atom stereocenters. The highest BCUT2D eigenvalue weighted by atomic mass is 35.5. The van der Waals surface area contributed by atoms with Crippen LogP contribution < -0.4 is 14.4 Å². The molecule has 1 aliphatic heterocycles. The molecule has 7 nitrogen and oxygen atoms in total. The van der Waals surface area contributed by atoms with E-state index >= 15 is 0 Å². The van der Waals surface area contributed by atoms with Crippen LogP contribution in [-0.2, 0) is 6.42 Å². The van der Waals surface area contributed by atoms with Gasteiger partial charge >= 0.3 is 6.03 Å². The first kappa shape index (κ1) is 22.6. The second-order valence-corrected chi connectivity index (χ2v) is 8.14. The summed E-state index contributed by atoms with van der Waals surface area (Å²) < 4.78 is 10.8. The number of aromatic nitrogens is 1. The number of carbonyl (C=O) groups is 1. The zero-order chi connectivity index (χ0) is 23.5. The quantitative estimate of drug-likeness (QED) is 0.494. The van der Waals surface area contributed by atoms with Gasteiger partial charge in [-0.1, -0.05) is 23.7 Å². The van der Waals surface area contributed by atoms with Crippen LogP contribution in [0, 0.1) is 0 Å². The van der Waals surface area contributed by atoms with Crippen LogP contribution in [0.2, 0.25) is 5.15 Å². The Labute approximate surface area is 198 Å². The largest absolute Gasteiger partial charge is 0.493 e. The lowest BCUT2D eigenvalue weighted by Crippen LogP contribution is -2.43. The topological polar surface area (TPSA) is 67.3 Å². The molecule has 2 aromatic carbocycles. The highest BCUT2D eigenvalue weighted by Crippen LogP contribution is 2.32. The molecular formula is C25H25ClN4O3. The lowest BCUT2D eigenvalue weighted by Gasteiger charge is -2.28. The van der Waals surface area contributed by atoms with E-state index in [1.807, 2.05) is 55.5 Å². The summed E-state index contributed by atoms with van der Waals surface area (Å²) >= 11 is 6.21. The third-order valence-corrected chi connectivity index (χ3v) is 6.01. The molecule has 1 unspecified atom stereocenters. The molecule has 4 rings (SSSR count). The summed E-state index contributed by atoms with van der Waals surface area (Å²) in [4.78, 5) is 19.0. The van der Waals surface area contributed by atoms with Crippen LogP contribution in [0.4, 0.5) is 10.5 Å². The zero-order valence-electron chi connectivity index (χ0n) is 18.9. The number of ether oxygens (including phenoxy) is 2. The smallest absolute Gasteiger partial charge is 0.344 e. The molecule has 8 heteroatoms. The number of fused-ring (bicyclic) bond motifs is 1. The highest BCUT2D eigenvalue weighted by Gasteiger charge is 2.27. The standard InChI is InChI=1S/C25H25ClN4O3/c1-16-12-18-13-22(32-3)23(33-4)14-19(18)15-28-30(16)25(31)29(2)20-9-7-17(8-10-20)21-6-5-11-27-24(21)26/h5-11,13-16H,12H2,1-4H3. The molecule has 0 bridgehead atoms. The molecule has 2 heterocycles. The van der Waals surface area contributed by atoms with E-state index in [9.17, 15) is 4.79 Å². The molecule has 1 aromatic heterocycles. The van der Waals surface area contributed by atoms with Crippen molar-refractivity contribution in [2.24, 2.45) is 5.10 Å². The van der Waals surface area contributed by atoms with Crippen molar-refractivity contribution in [2.45, 2.75) is 19.4 Å². The van der Waals surface area contributed by atoms with E-state index in [4.69, 9.17) is 21.1 Å². The minimum absolute atomic E-state index is 0.149. The van der Waals surface area contributed by atoms with Gasteiger partial charge in [0.15, 0.2) is 11.5 Å². The van der Waals surface area contributed by atoms with Crippen LogP contribution in [0.15, 0.2) is 59.8 Å². The van der Waals surface area contributed by atoms with Gasteiger partial charge in [0, 0.05) is 30.1 Å². The molecule has 0 fully saturated rings. The van der Waals surface area contributed by atoms with Crippen LogP contribution in [0.25, 0.3) is 11.1 Å². The monoisotopic (exact) mass is 464 g/mol. The molecule has 0 radical (unpaired) electrons. The molecule has 1 aliphatic rings. The average Bonchev–Trinajstić information content (AvgIpc) is 3.00. The molecule has 0 N–H and O–H groups in total. The van der Waals surface area contributed by atoms with Crippen molar-refractivity contribution < 1.29 is 14.3 Å². The highest BCUT2D eigenvalue weighted by molar-refractivity contribution is 6.32. The first-order valence-corrected chi connectivity index (χ1v) is 10.9. The predicted molar refractivity (Wildman–Crippen MR) is 131 cm³/mol. The summed E-state index contributed by atoms with van der Waals surface area (Å²) in [5.41, 5.74) is 4.46. The number of hydrazone groups is 1. The average molecular weight is 465 g/mol. The van der Waals surface area contributed by atoms with Crippen LogP contribution >= 0.6 is 11.6 Å². The van der Waals surface area contributed by atoms with E-state index in [2.05, 4.69) is 10.1 Å². The van der Waals surface area contributed by atoms with Crippen LogP contribution in [0.1, 0.15) is 18.1 Å². The number of hydrogen-bond acceptors (Lipinski definition) is 5. The molecule has 3 aromatic rings. The van der Waals surface area contributed by atoms with Crippen molar-refractivity contribution in [2.75, 3.05) is 26.2 Å². The number of hydrogen-bond donors (Lipinski definition) is 0. The SMILES string of the molecule is COc1cc2c(cc1OC)CC(C)N(C(=O)N(C)c1ccc(-c3cccnc3Cl)cc1)N=C2. The van der Waals surface area contributed by atoms with Gasteiger partial charge in [-0.15, -0.1) is 0 Å². The van der Waals surface area contributed by atoms with Crippen molar-refractivity contribution in [3.8, 4) is 22.6 Å². The fraction of sp³-hybridized carbons (Fsp3) is 0.240. The summed E-state index contributed by atoms with van der Waals surface area (Å²) in [6.07, 6.45) is 3.98. The third kappa shape index (κ3) is 4.50. The van der Waals surface area contributed by atoms with Gasteiger partial charge in [-0.25, -0.2) is 14.8 Å². The van der Waals surface area contributed by atoms with Crippen molar-refractivity contribution in [3.63, 3.8) is 0 Å². The summed E-state index contributed by atoms with van der Waals surface area (Å²) in [5, 5.41) is 6.44. The van der Waals surface area contributed by atoms with Gasteiger partial charge in [0.1, 0.15) is 5.15 Å². The molecule has 0 aliphatic carbocycles. The molecule has 33 heavy (non-hydrogen) atoms. The zero-order valence-corrected chi connectivity index (χ0v) is 19.7. The summed E-state index contributed by atoms with van der Waals surface area (Å²) in [6.45, 7) is 1.97. The van der Waals surface area contributed by atoms with E-state index in [1.165, 1.54) is 5.01 Å². The number of benzene rings is 2. The van der Waals surface area contributed by atoms with Gasteiger partial charge in [0.2, 0.25) is 0 Å². The van der Waals surface area contributed by atoms with Gasteiger partial charge in [-0.05, 0) is 60.9 Å². The molecular weight excluding hydrogens is 440 g/mol. The molecule has 170 valence electrons. The second kappa shape index (κ2) is 9.50. The number of nitrogens with zero attached hydrogens (tertiary/aromatic N) is 4. The Kier molecular flexibility index (Phi) is 6.51. The van der Waals surface area contributed by atoms with Crippen LogP contribution in [-0.4, -0.2) is 49.5 Å². The lowest BCUT2D eigenvalue weighted by molar-refractivity contribution is 0.190. The molecule has 2 amide bonds. The van der Waals surface area contributed by atoms with Gasteiger partial charge in [0.25, 0.3) is 0 Å². The fourth-order valence-corrected chi connectivity index (χ4v) is 4.07. The number of rotatable bonds is 4. The first-order chi connectivity index (χ1) is 15.9. The normalized spacial score (nSPS) is 14.9. The number of halogens is 1. The number of methoxy groups -OCH3 is 2. The molecule has 0 spiro atoms. The van der Waals surface area contributed by atoms with Gasteiger partial charge in [-0.3, -0.25) is 4.90 Å². The molecule has 0 saturated heterocycles. The Morgan fingerprint density at radius 1 is 1.12 bits per heavy atom. The van der Waals surface area contributed by atoms with E-state index < -0.39 is 0 Å². The molecule has 0 saturated carbocycles. The number of anilines is 1. The van der Waals surface area contributed by atoms with Gasteiger partial charge in [0.05, 0.1) is 26.5 Å². The number of amides is 2. The second-order valence-electron chi connectivity index (χ2n) is 7.78. The summed E-state index contributed by atoms with van der Waals surface area (Å²) in [5.74, 6) is 1.28. The minimum Gasteiger partial charge on any atom is -0.493 e. The summed E-state index contributed by atoms with van der Waals surface area (Å²) in [7, 11) is 4.94. The Bertz CT molecular complexity index is 1200. The minimum atomic E-state index is -0.224. The third-order valence-electron chi connectivity index (χ3n) is 5.71. The maximum absolute atomic E-state index is 13.3. The Morgan fingerprint density at radius 3 is 2.48 bits per heavy atom. The fourth-order valence-electron chi connectivity index (χ4n) is 3.84. The van der Waals surface area contributed by atoms with Crippen molar-refractivity contribution >= 4 is 29.5 Å². The van der Waals surface area contributed by atoms with Crippen molar-refractivity contribution in [1.82, 2.24) is 9.99 Å². The van der Waals surface area contributed by atoms with Crippen LogP contribution in [0.5, 0.6) is 11.5 Å². The van der Waals surface area contributed by atoms with E-state index in [-0.39, 0.29) is 12.1 Å². The maximum Gasteiger partial charge on any atom is 0.344 e. The van der Waals surface area contributed by atoms with E-state index in [0.717, 1.165) is 27.9 Å². The van der Waals surface area contributed by atoms with Gasteiger partial charge < -0.3 is 9.47 Å². The van der Waals surface area contributed by atoms with Crippen LogP contribution in [0.3, 0.4) is 0 Å². The van der Waals surface area contributed by atoms with E-state index in [0.29, 0.717) is 23.1 Å². The van der Waals surface area contributed by atoms with Crippen molar-refractivity contribution in [3.05, 3.63) is 71.0 Å². The van der Waals surface area contributed by atoms with E-state index in [1.54, 1.807) is 38.6 Å². The van der Waals surface area contributed by atoms with Crippen molar-refractivity contribution in [1.29, 1.82) is 0 Å². The lowest BCUT2D eigenvalue weighted by atomic mass is 10.0. The first-order valence-electron chi connectivity index (χ1n) is 10.5. The predicted octanol–water partition coefficient (Wildman–Crippen LogP) is 5.26. The number of urea groups is 1. The maximum atomic E-state index is 13.3. The number of pyridine rings is 1. The Hall–Kier alpha value is -3.58. The summed E-state index contributed by atoms with van der Waals surface area (Å²) in [6, 6.07) is 14.8. The Balaban J connectivity index is 1.55. The van der Waals surface area contributed by atoms with Gasteiger partial charge in [-0.2, -0.15) is 5.10 Å². The Morgan fingerprint density at radius 2 is 1.82 bits per heavy atom.